The lowest BCUT2D eigenvalue weighted by Gasteiger charge is -2.66. The van der Waals surface area contributed by atoms with Crippen LogP contribution < -0.4 is 0 Å². The van der Waals surface area contributed by atoms with Crippen molar-refractivity contribution in [2.24, 2.45) is 46.3 Å². The van der Waals surface area contributed by atoms with Gasteiger partial charge in [-0.1, -0.05) is 82.5 Å². The van der Waals surface area contributed by atoms with Crippen LogP contribution in [-0.4, -0.2) is 17.8 Å². The molecule has 3 heteroatoms. The fourth-order valence-electron chi connectivity index (χ4n) is 8.86. The molecule has 10 atom stereocenters. The van der Waals surface area contributed by atoms with Crippen molar-refractivity contribution in [2.75, 3.05) is 0 Å². The van der Waals surface area contributed by atoms with Crippen LogP contribution >= 0.6 is 15.9 Å². The number of hydrogen-bond acceptors (Lipinski definition) is 1. The molecular formula is C26H42BBrO. The Hall–Kier alpha value is 0.245. The average molecular weight is 461 g/mol. The van der Waals surface area contributed by atoms with Crippen LogP contribution in [0.5, 0.6) is 0 Å². The minimum absolute atomic E-state index is 0.363. The summed E-state index contributed by atoms with van der Waals surface area (Å²) in [6.45, 7) is 15.8. The monoisotopic (exact) mass is 460 g/mol. The normalized spacial score (nSPS) is 51.7. The highest BCUT2D eigenvalue weighted by Gasteiger charge is 2.63. The van der Waals surface area contributed by atoms with Crippen LogP contribution in [-0.2, 0) is 4.65 Å². The highest BCUT2D eigenvalue weighted by atomic mass is 79.9. The fourth-order valence-corrected chi connectivity index (χ4v) is 9.42. The molecular weight excluding hydrogens is 419 g/mol. The number of fused-ring (bicyclic) bond motifs is 4. The van der Waals surface area contributed by atoms with Crippen molar-refractivity contribution in [3.05, 3.63) is 12.2 Å². The Labute approximate surface area is 188 Å². The van der Waals surface area contributed by atoms with Crippen LogP contribution in [0.15, 0.2) is 12.2 Å². The first-order valence-corrected chi connectivity index (χ1v) is 13.5. The highest BCUT2D eigenvalue weighted by molar-refractivity contribution is 9.09. The van der Waals surface area contributed by atoms with Crippen LogP contribution in [0.2, 0.25) is 11.6 Å². The van der Waals surface area contributed by atoms with E-state index in [1.54, 1.807) is 0 Å². The first-order valence-electron chi connectivity index (χ1n) is 12.6. The Morgan fingerprint density at radius 2 is 1.28 bits per heavy atom. The first-order chi connectivity index (χ1) is 13.6. The maximum Gasteiger partial charge on any atom is 0.300 e. The molecule has 162 valence electrons. The lowest BCUT2D eigenvalue weighted by Crippen LogP contribution is -2.60. The van der Waals surface area contributed by atoms with E-state index in [-0.39, 0.29) is 0 Å². The van der Waals surface area contributed by atoms with Gasteiger partial charge in [-0.3, -0.25) is 0 Å². The van der Waals surface area contributed by atoms with E-state index in [0.29, 0.717) is 28.7 Å². The second kappa shape index (κ2) is 7.13. The molecule has 0 radical (unpaired) electrons. The third kappa shape index (κ3) is 3.10. The Bertz CT molecular complexity index is 630. The Kier molecular flexibility index (Phi) is 5.19. The molecule has 1 nitrogen and oxygen atoms in total. The lowest BCUT2D eigenvalue weighted by atomic mass is 9.27. The number of alkyl halides is 1. The zero-order chi connectivity index (χ0) is 20.7. The molecule has 6 fully saturated rings. The molecule has 0 unspecified atom stereocenters. The summed E-state index contributed by atoms with van der Waals surface area (Å²) in [4.78, 5) is 0.491. The summed E-state index contributed by atoms with van der Waals surface area (Å²) in [6, 6.07) is 0. The van der Waals surface area contributed by atoms with Gasteiger partial charge in [0.25, 0.3) is 6.92 Å². The van der Waals surface area contributed by atoms with Gasteiger partial charge in [0.1, 0.15) is 0 Å². The Balaban J connectivity index is 1.41. The molecule has 6 saturated carbocycles. The minimum Gasteiger partial charge on any atom is -0.431 e. The van der Waals surface area contributed by atoms with E-state index >= 15 is 0 Å². The SMILES string of the molecule is C[C@@H]1[C@H]2C[C@@H](C[C@H]1B(O[C@@H]1CC=CC[C@H]1Br)[C@@H]1C[C@@H]3C[C@H]([C@H]1C)C3(C)C)C2(C)C. The van der Waals surface area contributed by atoms with Gasteiger partial charge in [0.15, 0.2) is 0 Å². The molecule has 7 aliphatic rings. The van der Waals surface area contributed by atoms with Crippen molar-refractivity contribution in [2.45, 2.75) is 103 Å². The molecule has 0 saturated heterocycles. The van der Waals surface area contributed by atoms with E-state index in [1.807, 2.05) is 0 Å². The number of halogens is 1. The van der Waals surface area contributed by atoms with Crippen molar-refractivity contribution >= 4 is 22.8 Å². The first kappa shape index (κ1) is 21.1. The lowest BCUT2D eigenvalue weighted by molar-refractivity contribution is -0.112. The summed E-state index contributed by atoms with van der Waals surface area (Å²) in [5, 5.41) is 0. The molecule has 0 N–H and O–H groups in total. The summed E-state index contributed by atoms with van der Waals surface area (Å²) in [5.74, 6) is 6.83. The van der Waals surface area contributed by atoms with Crippen molar-refractivity contribution in [1.82, 2.24) is 0 Å². The molecule has 0 aromatic carbocycles. The van der Waals surface area contributed by atoms with Gasteiger partial charge < -0.3 is 4.65 Å². The topological polar surface area (TPSA) is 9.23 Å². The van der Waals surface area contributed by atoms with Gasteiger partial charge in [-0.15, -0.1) is 0 Å². The van der Waals surface area contributed by atoms with Gasteiger partial charge in [0.05, 0.1) is 6.10 Å². The van der Waals surface area contributed by atoms with E-state index in [9.17, 15) is 0 Å². The second-order valence-corrected chi connectivity index (χ2v) is 14.0. The van der Waals surface area contributed by atoms with Gasteiger partial charge >= 0.3 is 0 Å². The van der Waals surface area contributed by atoms with Gasteiger partial charge in [-0.2, -0.15) is 0 Å². The van der Waals surface area contributed by atoms with Gasteiger partial charge in [-0.25, -0.2) is 0 Å². The van der Waals surface area contributed by atoms with Crippen LogP contribution in [0, 0.1) is 46.3 Å². The highest BCUT2D eigenvalue weighted by Crippen LogP contribution is 2.69. The molecule has 7 aliphatic carbocycles. The molecule has 29 heavy (non-hydrogen) atoms. The third-order valence-corrected chi connectivity index (χ3v) is 12.3. The molecule has 7 rings (SSSR count). The van der Waals surface area contributed by atoms with Crippen molar-refractivity contribution in [1.29, 1.82) is 0 Å². The van der Waals surface area contributed by atoms with Crippen LogP contribution in [0.1, 0.15) is 80.1 Å². The molecule has 0 amide bonds. The summed E-state index contributed by atoms with van der Waals surface area (Å²) >= 11 is 3.96. The predicted octanol–water partition coefficient (Wildman–Crippen LogP) is 7.62. The smallest absolute Gasteiger partial charge is 0.300 e. The Morgan fingerprint density at radius 1 is 0.793 bits per heavy atom. The minimum atomic E-state index is 0.363. The van der Waals surface area contributed by atoms with Gasteiger partial charge in [0.2, 0.25) is 0 Å². The zero-order valence-electron chi connectivity index (χ0n) is 19.5. The molecule has 0 aliphatic heterocycles. The van der Waals surface area contributed by atoms with Gasteiger partial charge in [0, 0.05) is 4.83 Å². The standard InChI is InChI=1S/C26H42BBrO/c1-15-19-11-17(25(19,3)4)13-21(15)27(29-24-10-8-7-9-23(24)28)22-14-18-12-20(16(22)2)26(18,5)6/h7-8,15-24H,9-14H2,1-6H3/t15-,16-,17+,18+,19-,20-,21-,22-,23-,24-/m1/s1. The summed E-state index contributed by atoms with van der Waals surface area (Å²) in [5.41, 5.74) is 1.13. The molecule has 0 spiro atoms. The molecule has 0 heterocycles. The summed E-state index contributed by atoms with van der Waals surface area (Å²) < 4.78 is 7.20. The van der Waals surface area contributed by atoms with E-state index in [1.165, 1.54) is 25.7 Å². The third-order valence-electron chi connectivity index (χ3n) is 11.3. The zero-order valence-corrected chi connectivity index (χ0v) is 21.1. The second-order valence-electron chi connectivity index (χ2n) is 12.8. The maximum absolute atomic E-state index is 7.20. The fraction of sp³-hybridized carbons (Fsp3) is 0.923. The summed E-state index contributed by atoms with van der Waals surface area (Å²) in [6.07, 6.45) is 13.0. The number of allylic oxidation sites excluding steroid dienone is 1. The van der Waals surface area contributed by atoms with E-state index < -0.39 is 0 Å². The van der Waals surface area contributed by atoms with Crippen molar-refractivity contribution < 1.29 is 4.65 Å². The van der Waals surface area contributed by atoms with E-state index in [2.05, 4.69) is 69.6 Å². The van der Waals surface area contributed by atoms with E-state index in [0.717, 1.165) is 60.0 Å². The van der Waals surface area contributed by atoms with Crippen LogP contribution in [0.4, 0.5) is 0 Å². The molecule has 0 aromatic rings. The quantitative estimate of drug-likeness (QED) is 0.238. The maximum atomic E-state index is 7.20. The predicted molar refractivity (Wildman–Crippen MR) is 128 cm³/mol. The largest absolute Gasteiger partial charge is 0.431 e. The number of hydrogen-bond donors (Lipinski definition) is 0. The van der Waals surface area contributed by atoms with Gasteiger partial charge in [-0.05, 0) is 83.7 Å². The Morgan fingerprint density at radius 3 is 1.69 bits per heavy atom. The molecule has 4 bridgehead atoms. The van der Waals surface area contributed by atoms with Crippen molar-refractivity contribution in [3.63, 3.8) is 0 Å². The van der Waals surface area contributed by atoms with Crippen LogP contribution in [0.25, 0.3) is 0 Å². The van der Waals surface area contributed by atoms with Crippen LogP contribution in [0.3, 0.4) is 0 Å². The van der Waals surface area contributed by atoms with Crippen molar-refractivity contribution in [3.8, 4) is 0 Å². The van der Waals surface area contributed by atoms with E-state index in [4.69, 9.17) is 4.65 Å². The number of rotatable bonds is 4. The average Bonchev–Trinajstić information content (AvgIpc) is 2.67. The summed E-state index contributed by atoms with van der Waals surface area (Å²) in [7, 11) is 0. The molecule has 0 aromatic heterocycles.